The van der Waals surface area contributed by atoms with Crippen LogP contribution in [0.3, 0.4) is 0 Å². The maximum absolute atomic E-state index is 9.92. The van der Waals surface area contributed by atoms with Gasteiger partial charge in [-0.2, -0.15) is 5.26 Å². The Hall–Kier alpha value is -7.21. The molecule has 1 heterocycles. The lowest BCUT2D eigenvalue weighted by Gasteiger charge is -2.18. The molecule has 0 N–H and O–H groups in total. The van der Waals surface area contributed by atoms with Gasteiger partial charge in [-0.05, 0) is 102 Å². The molecule has 0 unspecified atom stereocenters. The molecule has 2 heteroatoms. The van der Waals surface area contributed by atoms with Gasteiger partial charge in [-0.1, -0.05) is 158 Å². The highest BCUT2D eigenvalue weighted by Crippen LogP contribution is 2.44. The van der Waals surface area contributed by atoms with Crippen molar-refractivity contribution < 1.29 is 0 Å². The third kappa shape index (κ3) is 5.02. The fraction of sp³-hybridized carbons (Fsp3) is 0. The lowest BCUT2D eigenvalue weighted by Crippen LogP contribution is -1.94. The van der Waals surface area contributed by atoms with Gasteiger partial charge in [-0.3, -0.25) is 0 Å². The van der Waals surface area contributed by atoms with Gasteiger partial charge in [0.1, 0.15) is 0 Å². The van der Waals surface area contributed by atoms with Gasteiger partial charge in [0.05, 0.1) is 22.7 Å². The molecular weight excluding hydrogens is 641 g/mol. The van der Waals surface area contributed by atoms with Gasteiger partial charge in [0.25, 0.3) is 0 Å². The van der Waals surface area contributed by atoms with Crippen LogP contribution in [0.5, 0.6) is 0 Å². The van der Waals surface area contributed by atoms with E-state index in [1.807, 2.05) is 12.1 Å². The Morgan fingerprint density at radius 1 is 0.340 bits per heavy atom. The quantitative estimate of drug-likeness (QED) is 0.167. The SMILES string of the molecule is N#Cc1ccc(-c2ccc(-c3c4ccccc4c(-c4ccccc4)c4ccccc34)cc2)c(-c2ccc(-n3c4ccccc4c4ccccc43)cc2)c1. The second-order valence-corrected chi connectivity index (χ2v) is 13.6. The summed E-state index contributed by atoms with van der Waals surface area (Å²) in [4.78, 5) is 0. The molecule has 0 amide bonds. The molecule has 53 heavy (non-hydrogen) atoms. The maximum Gasteiger partial charge on any atom is 0.0991 e. The fourth-order valence-corrected chi connectivity index (χ4v) is 8.27. The molecule has 0 saturated carbocycles. The van der Waals surface area contributed by atoms with Gasteiger partial charge in [-0.25, -0.2) is 0 Å². The summed E-state index contributed by atoms with van der Waals surface area (Å²) in [6.45, 7) is 0. The van der Waals surface area contributed by atoms with Gasteiger partial charge in [0.15, 0.2) is 0 Å². The zero-order chi connectivity index (χ0) is 35.3. The molecule has 0 aliphatic heterocycles. The standard InChI is InChI=1S/C51H32N2/c52-33-34-22-31-40(47(32-34)36-27-29-39(30-28-36)53-48-20-10-8-14-41(48)42-15-9-11-21-49(42)53)35-23-25-38(26-24-35)51-45-18-6-4-16-43(45)50(37-12-2-1-3-13-37)44-17-5-7-19-46(44)51/h1-32H. The second kappa shape index (κ2) is 12.5. The van der Waals surface area contributed by atoms with Gasteiger partial charge < -0.3 is 4.57 Å². The molecule has 9 aromatic carbocycles. The fourth-order valence-electron chi connectivity index (χ4n) is 8.27. The first-order chi connectivity index (χ1) is 26.3. The number of aromatic nitrogens is 1. The van der Waals surface area contributed by atoms with Gasteiger partial charge in [-0.15, -0.1) is 0 Å². The molecule has 0 radical (unpaired) electrons. The summed E-state index contributed by atoms with van der Waals surface area (Å²) in [5, 5.41) is 17.4. The van der Waals surface area contributed by atoms with E-state index in [1.165, 1.54) is 65.6 Å². The van der Waals surface area contributed by atoms with Crippen molar-refractivity contribution in [1.82, 2.24) is 4.57 Å². The first kappa shape index (κ1) is 30.6. The summed E-state index contributed by atoms with van der Waals surface area (Å²) < 4.78 is 2.33. The maximum atomic E-state index is 9.92. The highest BCUT2D eigenvalue weighted by atomic mass is 15.0. The van der Waals surface area contributed by atoms with Crippen molar-refractivity contribution in [1.29, 1.82) is 5.26 Å². The van der Waals surface area contributed by atoms with Crippen molar-refractivity contribution in [2.24, 2.45) is 0 Å². The van der Waals surface area contributed by atoms with Crippen molar-refractivity contribution in [2.75, 3.05) is 0 Å². The normalized spacial score (nSPS) is 11.4. The molecular formula is C51H32N2. The molecule has 0 aliphatic carbocycles. The monoisotopic (exact) mass is 672 g/mol. The molecule has 0 aliphatic rings. The third-order valence-electron chi connectivity index (χ3n) is 10.6. The van der Waals surface area contributed by atoms with Crippen LogP contribution >= 0.6 is 0 Å². The number of fused-ring (bicyclic) bond motifs is 5. The van der Waals surface area contributed by atoms with Crippen LogP contribution in [0, 0.1) is 11.3 Å². The molecule has 246 valence electrons. The summed E-state index contributed by atoms with van der Waals surface area (Å²) in [6.07, 6.45) is 0. The minimum atomic E-state index is 0.642. The van der Waals surface area contributed by atoms with E-state index in [2.05, 4.69) is 193 Å². The number of nitriles is 1. The van der Waals surface area contributed by atoms with E-state index in [9.17, 15) is 5.26 Å². The third-order valence-corrected chi connectivity index (χ3v) is 10.6. The zero-order valence-corrected chi connectivity index (χ0v) is 28.9. The van der Waals surface area contributed by atoms with Crippen LogP contribution in [-0.2, 0) is 0 Å². The Kier molecular flexibility index (Phi) is 7.23. The van der Waals surface area contributed by atoms with Crippen LogP contribution in [-0.4, -0.2) is 4.57 Å². The molecule has 0 bridgehead atoms. The number of rotatable bonds is 5. The Bertz CT molecular complexity index is 2920. The molecule has 0 saturated heterocycles. The minimum absolute atomic E-state index is 0.642. The van der Waals surface area contributed by atoms with Crippen LogP contribution in [0.25, 0.3) is 93.5 Å². The highest BCUT2D eigenvalue weighted by molar-refractivity contribution is 6.21. The molecule has 10 aromatic rings. The average Bonchev–Trinajstić information content (AvgIpc) is 3.57. The van der Waals surface area contributed by atoms with E-state index in [1.54, 1.807) is 0 Å². The Morgan fingerprint density at radius 2 is 0.755 bits per heavy atom. The van der Waals surface area contributed by atoms with E-state index < -0.39 is 0 Å². The predicted molar refractivity (Wildman–Crippen MR) is 222 cm³/mol. The molecule has 1 aromatic heterocycles. The first-order valence-corrected chi connectivity index (χ1v) is 18.0. The summed E-state index contributed by atoms with van der Waals surface area (Å²) in [5.41, 5.74) is 13.3. The highest BCUT2D eigenvalue weighted by Gasteiger charge is 2.17. The van der Waals surface area contributed by atoms with Crippen molar-refractivity contribution in [3.63, 3.8) is 0 Å². The molecule has 0 spiro atoms. The van der Waals surface area contributed by atoms with Crippen molar-refractivity contribution >= 4 is 43.4 Å². The number of para-hydroxylation sites is 2. The van der Waals surface area contributed by atoms with E-state index in [-0.39, 0.29) is 0 Å². The largest absolute Gasteiger partial charge is 0.309 e. The van der Waals surface area contributed by atoms with Crippen LogP contribution in [0.1, 0.15) is 5.56 Å². The first-order valence-electron chi connectivity index (χ1n) is 18.0. The average molecular weight is 673 g/mol. The van der Waals surface area contributed by atoms with Crippen LogP contribution < -0.4 is 0 Å². The lowest BCUT2D eigenvalue weighted by molar-refractivity contribution is 1.18. The summed E-state index contributed by atoms with van der Waals surface area (Å²) in [6, 6.07) is 71.5. The predicted octanol–water partition coefficient (Wildman–Crippen LogP) is 13.6. The number of hydrogen-bond acceptors (Lipinski definition) is 1. The van der Waals surface area contributed by atoms with E-state index >= 15 is 0 Å². The van der Waals surface area contributed by atoms with Crippen molar-refractivity contribution in [2.45, 2.75) is 0 Å². The van der Waals surface area contributed by atoms with E-state index in [0.717, 1.165) is 27.9 Å². The molecule has 0 fully saturated rings. The van der Waals surface area contributed by atoms with Crippen molar-refractivity contribution in [3.05, 3.63) is 200 Å². The number of nitrogens with zero attached hydrogens (tertiary/aromatic N) is 2. The van der Waals surface area contributed by atoms with Crippen LogP contribution in [0.2, 0.25) is 0 Å². The van der Waals surface area contributed by atoms with Gasteiger partial charge >= 0.3 is 0 Å². The minimum Gasteiger partial charge on any atom is -0.309 e. The molecule has 0 atom stereocenters. The van der Waals surface area contributed by atoms with Gasteiger partial charge in [0.2, 0.25) is 0 Å². The Labute approximate surface area is 308 Å². The Balaban J connectivity index is 1.08. The van der Waals surface area contributed by atoms with Gasteiger partial charge in [0, 0.05) is 16.5 Å². The second-order valence-electron chi connectivity index (χ2n) is 13.6. The summed E-state index contributed by atoms with van der Waals surface area (Å²) >= 11 is 0. The summed E-state index contributed by atoms with van der Waals surface area (Å²) in [7, 11) is 0. The van der Waals surface area contributed by atoms with E-state index in [0.29, 0.717) is 5.56 Å². The van der Waals surface area contributed by atoms with Crippen LogP contribution in [0.15, 0.2) is 194 Å². The number of hydrogen-bond donors (Lipinski definition) is 0. The Morgan fingerprint density at radius 3 is 1.28 bits per heavy atom. The smallest absolute Gasteiger partial charge is 0.0991 e. The molecule has 10 rings (SSSR count). The van der Waals surface area contributed by atoms with Crippen LogP contribution in [0.4, 0.5) is 0 Å². The topological polar surface area (TPSA) is 28.7 Å². The van der Waals surface area contributed by atoms with E-state index in [4.69, 9.17) is 0 Å². The van der Waals surface area contributed by atoms with Crippen molar-refractivity contribution in [3.8, 4) is 56.3 Å². The summed E-state index contributed by atoms with van der Waals surface area (Å²) in [5.74, 6) is 0. The molecule has 2 nitrogen and oxygen atoms in total. The number of benzene rings is 9. The lowest BCUT2D eigenvalue weighted by atomic mass is 9.85. The zero-order valence-electron chi connectivity index (χ0n) is 28.9.